The van der Waals surface area contributed by atoms with Crippen LogP contribution >= 0.6 is 0 Å². The number of ketones is 1. The van der Waals surface area contributed by atoms with E-state index in [0.29, 0.717) is 12.2 Å². The molecule has 0 aliphatic heterocycles. The third kappa shape index (κ3) is 11.4. The summed E-state index contributed by atoms with van der Waals surface area (Å²) in [6, 6.07) is 0. The van der Waals surface area contributed by atoms with E-state index in [2.05, 4.69) is 6.92 Å². The number of carbonyl (C=O) groups is 1. The summed E-state index contributed by atoms with van der Waals surface area (Å²) in [4.78, 5) is 11.1. The van der Waals surface area contributed by atoms with Crippen molar-refractivity contribution in [2.24, 2.45) is 0 Å². The van der Waals surface area contributed by atoms with Gasteiger partial charge in [-0.05, 0) is 18.9 Å². The topological polar surface area (TPSA) is 17.1 Å². The lowest BCUT2D eigenvalue weighted by Crippen LogP contribution is -1.99. The number of hydrogen-bond acceptors (Lipinski definition) is 1. The Hall–Kier alpha value is -0.590. The summed E-state index contributed by atoms with van der Waals surface area (Å²) in [5, 5.41) is 0. The van der Waals surface area contributed by atoms with Crippen LogP contribution in [-0.2, 0) is 4.79 Å². The van der Waals surface area contributed by atoms with E-state index in [-0.39, 0.29) is 0 Å². The van der Waals surface area contributed by atoms with Crippen LogP contribution in [0.4, 0.5) is 0 Å². The van der Waals surface area contributed by atoms with Gasteiger partial charge in [0.15, 0.2) is 5.78 Å². The van der Waals surface area contributed by atoms with Crippen molar-refractivity contribution < 1.29 is 4.79 Å². The van der Waals surface area contributed by atoms with E-state index in [4.69, 9.17) is 0 Å². The van der Waals surface area contributed by atoms with Gasteiger partial charge in [0.1, 0.15) is 0 Å². The summed E-state index contributed by atoms with van der Waals surface area (Å²) in [6.07, 6.45) is 4.56. The Morgan fingerprint density at radius 2 is 1.50 bits per heavy atom. The van der Waals surface area contributed by atoms with E-state index in [1.807, 2.05) is 47.6 Å². The Morgan fingerprint density at radius 3 is 1.71 bits per heavy atom. The first-order valence-corrected chi connectivity index (χ1v) is 5.94. The normalized spacial score (nSPS) is 9.21. The molecule has 0 bridgehead atoms. The van der Waals surface area contributed by atoms with Crippen molar-refractivity contribution in [3.63, 3.8) is 0 Å². The maximum Gasteiger partial charge on any atom is 0.158 e. The zero-order valence-electron chi connectivity index (χ0n) is 11.1. The van der Waals surface area contributed by atoms with Gasteiger partial charge in [0.25, 0.3) is 0 Å². The van der Waals surface area contributed by atoms with Crippen LogP contribution < -0.4 is 0 Å². The van der Waals surface area contributed by atoms with Crippen LogP contribution in [0, 0.1) is 0 Å². The maximum atomic E-state index is 11.1. The molecule has 0 aliphatic rings. The highest BCUT2D eigenvalue weighted by molar-refractivity contribution is 5.94. The second-order valence-corrected chi connectivity index (χ2v) is 2.34. The Bertz CT molecular complexity index is 134. The van der Waals surface area contributed by atoms with Crippen molar-refractivity contribution in [2.75, 3.05) is 0 Å². The Labute approximate surface area is 90.6 Å². The van der Waals surface area contributed by atoms with Crippen LogP contribution in [0.1, 0.15) is 67.7 Å². The number of rotatable bonds is 4. The van der Waals surface area contributed by atoms with E-state index >= 15 is 0 Å². The summed E-state index contributed by atoms with van der Waals surface area (Å²) in [6.45, 7) is 13.9. The molecule has 1 heteroatoms. The number of Topliss-reactive ketones (excluding diaryl/α,β-unsaturated/α-hetero) is 1. The molecule has 0 radical (unpaired) electrons. The van der Waals surface area contributed by atoms with Crippen molar-refractivity contribution in [3.8, 4) is 0 Å². The lowest BCUT2D eigenvalue weighted by Gasteiger charge is -1.99. The average molecular weight is 200 g/mol. The molecule has 0 spiro atoms. The Balaban J connectivity index is -0.000000266. The zero-order valence-corrected chi connectivity index (χ0v) is 11.1. The highest BCUT2D eigenvalue weighted by Gasteiger charge is 2.02. The van der Waals surface area contributed by atoms with Gasteiger partial charge in [-0.1, -0.05) is 54.0 Å². The molecule has 0 rings (SSSR count). The van der Waals surface area contributed by atoms with Crippen molar-refractivity contribution in [3.05, 3.63) is 11.6 Å². The molecule has 0 aromatic rings. The molecule has 0 heterocycles. The molecule has 0 unspecified atom stereocenters. The SMILES string of the molecule is C/C=C(\CCC)C(=O)CC.CC.CC. The number of hydrogen-bond donors (Lipinski definition) is 0. The molecule has 1 nitrogen and oxygen atoms in total. The first-order valence-electron chi connectivity index (χ1n) is 5.94. The van der Waals surface area contributed by atoms with E-state index in [0.717, 1.165) is 18.4 Å². The molecule has 86 valence electrons. The van der Waals surface area contributed by atoms with Gasteiger partial charge in [0, 0.05) is 6.42 Å². The van der Waals surface area contributed by atoms with Crippen molar-refractivity contribution in [1.29, 1.82) is 0 Å². The van der Waals surface area contributed by atoms with Gasteiger partial charge in [0.2, 0.25) is 0 Å². The maximum absolute atomic E-state index is 11.1. The molecule has 0 fully saturated rings. The lowest BCUT2D eigenvalue weighted by molar-refractivity contribution is -0.115. The fraction of sp³-hybridized carbons (Fsp3) is 0.769. The van der Waals surface area contributed by atoms with E-state index in [9.17, 15) is 4.79 Å². The van der Waals surface area contributed by atoms with E-state index in [1.165, 1.54) is 0 Å². The van der Waals surface area contributed by atoms with Crippen molar-refractivity contribution >= 4 is 5.78 Å². The molecule has 0 aromatic heterocycles. The lowest BCUT2D eigenvalue weighted by atomic mass is 10.0. The predicted molar refractivity (Wildman–Crippen MR) is 66.7 cm³/mol. The number of allylic oxidation sites excluding steroid dienone is 2. The molecule has 0 atom stereocenters. The molecule has 0 saturated heterocycles. The van der Waals surface area contributed by atoms with Gasteiger partial charge in [-0.3, -0.25) is 4.79 Å². The van der Waals surface area contributed by atoms with Gasteiger partial charge in [-0.2, -0.15) is 0 Å². The molecular formula is C13H28O. The van der Waals surface area contributed by atoms with Crippen molar-refractivity contribution in [2.45, 2.75) is 67.7 Å². The molecule has 14 heavy (non-hydrogen) atoms. The predicted octanol–water partition coefficient (Wildman–Crippen LogP) is 4.76. The second-order valence-electron chi connectivity index (χ2n) is 2.34. The molecular weight excluding hydrogens is 172 g/mol. The zero-order chi connectivity index (χ0) is 12.0. The van der Waals surface area contributed by atoms with Crippen LogP contribution in [0.5, 0.6) is 0 Å². The summed E-state index contributed by atoms with van der Waals surface area (Å²) in [5.41, 5.74) is 0.991. The molecule has 0 N–H and O–H groups in total. The fourth-order valence-corrected chi connectivity index (χ4v) is 0.941. The van der Waals surface area contributed by atoms with Gasteiger partial charge >= 0.3 is 0 Å². The van der Waals surface area contributed by atoms with Crippen LogP contribution in [0.3, 0.4) is 0 Å². The van der Waals surface area contributed by atoms with E-state index < -0.39 is 0 Å². The summed E-state index contributed by atoms with van der Waals surface area (Å²) in [5.74, 6) is 0.296. The largest absolute Gasteiger partial charge is 0.295 e. The van der Waals surface area contributed by atoms with Crippen LogP contribution in [0.2, 0.25) is 0 Å². The summed E-state index contributed by atoms with van der Waals surface area (Å²) < 4.78 is 0. The van der Waals surface area contributed by atoms with Crippen LogP contribution in [0.15, 0.2) is 11.6 Å². The minimum atomic E-state index is 0.296. The van der Waals surface area contributed by atoms with E-state index in [1.54, 1.807) is 0 Å². The second kappa shape index (κ2) is 18.2. The number of carbonyl (C=O) groups excluding carboxylic acids is 1. The Kier molecular flexibility index (Phi) is 24.8. The minimum Gasteiger partial charge on any atom is -0.295 e. The molecule has 0 amide bonds. The Morgan fingerprint density at radius 1 is 1.07 bits per heavy atom. The van der Waals surface area contributed by atoms with Crippen molar-refractivity contribution in [1.82, 2.24) is 0 Å². The first kappa shape index (κ1) is 19.1. The standard InChI is InChI=1S/C9H16O.2C2H6/c1-4-7-8(5-2)9(10)6-3;2*1-2/h5H,4,6-7H2,1-3H3;2*1-2H3/b8-5+;;. The van der Waals surface area contributed by atoms with Gasteiger partial charge in [-0.25, -0.2) is 0 Å². The third-order valence-corrected chi connectivity index (χ3v) is 1.55. The van der Waals surface area contributed by atoms with Gasteiger partial charge in [0.05, 0.1) is 0 Å². The highest BCUT2D eigenvalue weighted by atomic mass is 16.1. The highest BCUT2D eigenvalue weighted by Crippen LogP contribution is 2.07. The quantitative estimate of drug-likeness (QED) is 0.598. The van der Waals surface area contributed by atoms with Gasteiger partial charge in [-0.15, -0.1) is 0 Å². The summed E-state index contributed by atoms with van der Waals surface area (Å²) >= 11 is 0. The monoisotopic (exact) mass is 200 g/mol. The molecule has 0 aromatic carbocycles. The minimum absolute atomic E-state index is 0.296. The summed E-state index contributed by atoms with van der Waals surface area (Å²) in [7, 11) is 0. The fourth-order valence-electron chi connectivity index (χ4n) is 0.941. The molecule has 0 aliphatic carbocycles. The first-order chi connectivity index (χ1) is 6.76. The average Bonchev–Trinajstić information content (AvgIpc) is 2.30. The van der Waals surface area contributed by atoms with Gasteiger partial charge < -0.3 is 0 Å². The third-order valence-electron chi connectivity index (χ3n) is 1.55. The van der Waals surface area contributed by atoms with Crippen LogP contribution in [-0.4, -0.2) is 5.78 Å². The smallest absolute Gasteiger partial charge is 0.158 e. The molecule has 0 saturated carbocycles. The van der Waals surface area contributed by atoms with Crippen LogP contribution in [0.25, 0.3) is 0 Å².